The molecule has 0 fully saturated rings. The minimum absolute atomic E-state index is 0.0990. The van der Waals surface area contributed by atoms with E-state index < -0.39 is 27.9 Å². The molecule has 0 spiro atoms. The lowest BCUT2D eigenvalue weighted by Crippen LogP contribution is -2.43. The highest BCUT2D eigenvalue weighted by Crippen LogP contribution is 2.29. The van der Waals surface area contributed by atoms with Crippen molar-refractivity contribution in [1.82, 2.24) is 4.90 Å². The van der Waals surface area contributed by atoms with Crippen LogP contribution in [0.15, 0.2) is 45.8 Å². The van der Waals surface area contributed by atoms with Crippen molar-refractivity contribution < 1.29 is 30.8 Å². The second-order valence-corrected chi connectivity index (χ2v) is 8.67. The monoisotopic (exact) mass is 480 g/mol. The summed E-state index contributed by atoms with van der Waals surface area (Å²) < 4.78 is 78.8. The van der Waals surface area contributed by atoms with Crippen LogP contribution < -0.4 is 4.72 Å². The molecule has 0 aliphatic carbocycles. The summed E-state index contributed by atoms with van der Waals surface area (Å²) in [6.45, 7) is -0.435. The number of nitrogens with zero attached hydrogens (tertiary/aromatic N) is 1. The Morgan fingerprint density at radius 3 is 2.46 bits per heavy atom. The van der Waals surface area contributed by atoms with Crippen LogP contribution in [0.1, 0.15) is 11.1 Å². The predicted molar refractivity (Wildman–Crippen MR) is 96.5 cm³/mol. The number of sulfonamides is 1. The van der Waals surface area contributed by atoms with Gasteiger partial charge in [-0.15, -0.1) is 0 Å². The lowest BCUT2D eigenvalue weighted by molar-refractivity contribution is -0.186. The van der Waals surface area contributed by atoms with Crippen molar-refractivity contribution in [2.75, 3.05) is 11.3 Å². The topological polar surface area (TPSA) is 66.5 Å². The van der Waals surface area contributed by atoms with Crippen LogP contribution in [0, 0.1) is 5.82 Å². The summed E-state index contributed by atoms with van der Waals surface area (Å²) in [4.78, 5) is 11.9. The lowest BCUT2D eigenvalue weighted by atomic mass is 10.00. The number of carbonyl (C=O) groups excluding carboxylic acids is 1. The molecule has 1 heterocycles. The van der Waals surface area contributed by atoms with Crippen LogP contribution in [0.3, 0.4) is 0 Å². The molecule has 0 bridgehead atoms. The molecule has 1 amide bonds. The molecule has 0 unspecified atom stereocenters. The van der Waals surface area contributed by atoms with E-state index in [-0.39, 0.29) is 34.6 Å². The maximum atomic E-state index is 13.2. The van der Waals surface area contributed by atoms with Crippen molar-refractivity contribution in [3.8, 4) is 0 Å². The van der Waals surface area contributed by atoms with Gasteiger partial charge in [-0.2, -0.15) is 13.2 Å². The van der Waals surface area contributed by atoms with Crippen molar-refractivity contribution in [1.29, 1.82) is 0 Å². The number of halogens is 5. The number of alkyl halides is 3. The van der Waals surface area contributed by atoms with Gasteiger partial charge in [-0.05, 0) is 63.8 Å². The first kappa shape index (κ1) is 20.6. The van der Waals surface area contributed by atoms with Crippen LogP contribution in [-0.4, -0.2) is 31.9 Å². The van der Waals surface area contributed by atoms with Gasteiger partial charge in [0.1, 0.15) is 5.82 Å². The number of fused-ring (bicyclic) bond motifs is 1. The molecule has 2 aromatic rings. The third-order valence-corrected chi connectivity index (χ3v) is 6.22. The van der Waals surface area contributed by atoms with Crippen molar-refractivity contribution in [2.24, 2.45) is 0 Å². The van der Waals surface area contributed by atoms with Gasteiger partial charge in [0.15, 0.2) is 0 Å². The largest absolute Gasteiger partial charge is 0.471 e. The van der Waals surface area contributed by atoms with E-state index in [0.29, 0.717) is 16.0 Å². The SMILES string of the molecule is O=C(N1CCc2ccc(S(=O)(=O)Nc3ccc(F)cc3Br)cc2C1)C(F)(F)F. The van der Waals surface area contributed by atoms with Crippen molar-refractivity contribution in [3.63, 3.8) is 0 Å². The summed E-state index contributed by atoms with van der Waals surface area (Å²) in [6, 6.07) is 7.49. The molecule has 1 aliphatic rings. The van der Waals surface area contributed by atoms with Gasteiger partial charge in [-0.25, -0.2) is 12.8 Å². The highest BCUT2D eigenvalue weighted by atomic mass is 79.9. The summed E-state index contributed by atoms with van der Waals surface area (Å²) in [6.07, 6.45) is -4.80. The highest BCUT2D eigenvalue weighted by Gasteiger charge is 2.43. The molecule has 1 N–H and O–H groups in total. The van der Waals surface area contributed by atoms with E-state index in [4.69, 9.17) is 0 Å². The number of nitrogens with one attached hydrogen (secondary N) is 1. The van der Waals surface area contributed by atoms with E-state index in [1.807, 2.05) is 0 Å². The molecule has 1 aliphatic heterocycles. The average Bonchev–Trinajstić information content (AvgIpc) is 2.61. The van der Waals surface area contributed by atoms with Gasteiger partial charge in [0.25, 0.3) is 10.0 Å². The summed E-state index contributed by atoms with van der Waals surface area (Å²) in [5, 5.41) is 0. The molecule has 11 heteroatoms. The highest BCUT2D eigenvalue weighted by molar-refractivity contribution is 9.10. The van der Waals surface area contributed by atoms with Crippen LogP contribution >= 0.6 is 15.9 Å². The summed E-state index contributed by atoms with van der Waals surface area (Å²) in [7, 11) is -4.08. The molecule has 5 nitrogen and oxygen atoms in total. The molecule has 0 radical (unpaired) electrons. The maximum Gasteiger partial charge on any atom is 0.471 e. The fourth-order valence-electron chi connectivity index (χ4n) is 2.83. The maximum absolute atomic E-state index is 13.2. The van der Waals surface area contributed by atoms with Crippen molar-refractivity contribution in [2.45, 2.75) is 24.0 Å². The van der Waals surface area contributed by atoms with E-state index >= 15 is 0 Å². The number of hydrogen-bond acceptors (Lipinski definition) is 3. The minimum Gasteiger partial charge on any atom is -0.330 e. The van der Waals surface area contributed by atoms with E-state index in [2.05, 4.69) is 20.7 Å². The van der Waals surface area contributed by atoms with Gasteiger partial charge < -0.3 is 4.90 Å². The minimum atomic E-state index is -4.99. The molecular formula is C17H13BrF4N2O3S. The number of carbonyl (C=O) groups is 1. The first-order valence-electron chi connectivity index (χ1n) is 7.93. The van der Waals surface area contributed by atoms with Crippen molar-refractivity contribution >= 4 is 37.5 Å². The van der Waals surface area contributed by atoms with Gasteiger partial charge in [-0.3, -0.25) is 9.52 Å². The molecule has 28 heavy (non-hydrogen) atoms. The lowest BCUT2D eigenvalue weighted by Gasteiger charge is -2.29. The van der Waals surface area contributed by atoms with Gasteiger partial charge in [-0.1, -0.05) is 6.07 Å². The zero-order chi connectivity index (χ0) is 20.7. The van der Waals surface area contributed by atoms with E-state index in [1.54, 1.807) is 0 Å². The second kappa shape index (κ2) is 7.36. The number of benzene rings is 2. The van der Waals surface area contributed by atoms with Crippen LogP contribution in [0.5, 0.6) is 0 Å². The number of anilines is 1. The average molecular weight is 481 g/mol. The third-order valence-electron chi connectivity index (χ3n) is 4.21. The predicted octanol–water partition coefficient (Wildman–Crippen LogP) is 3.84. The van der Waals surface area contributed by atoms with E-state index in [1.165, 1.54) is 24.3 Å². The van der Waals surface area contributed by atoms with E-state index in [9.17, 15) is 30.8 Å². The Bertz CT molecular complexity index is 1040. The van der Waals surface area contributed by atoms with Crippen LogP contribution in [0.2, 0.25) is 0 Å². The zero-order valence-corrected chi connectivity index (χ0v) is 16.5. The molecule has 2 aromatic carbocycles. The molecule has 3 rings (SSSR count). The molecule has 0 saturated heterocycles. The summed E-state index contributed by atoms with van der Waals surface area (Å²) in [5.41, 5.74) is 1.10. The third kappa shape index (κ3) is 4.30. The molecule has 150 valence electrons. The van der Waals surface area contributed by atoms with Gasteiger partial charge in [0, 0.05) is 17.6 Å². The van der Waals surface area contributed by atoms with Gasteiger partial charge in [0.2, 0.25) is 0 Å². The quantitative estimate of drug-likeness (QED) is 0.678. The summed E-state index contributed by atoms with van der Waals surface area (Å²) >= 11 is 3.06. The Labute approximate surface area is 166 Å². The Balaban J connectivity index is 1.87. The standard InChI is InChI=1S/C17H13BrF4N2O3S/c18-14-8-12(19)2-4-15(14)23-28(26,27)13-3-1-10-5-6-24(9-11(10)7-13)16(25)17(20,21)22/h1-4,7-8,23H,5-6,9H2. The van der Waals surface area contributed by atoms with Crippen LogP contribution in [0.4, 0.5) is 23.2 Å². The first-order chi connectivity index (χ1) is 13.0. The van der Waals surface area contributed by atoms with Gasteiger partial charge in [0.05, 0.1) is 10.6 Å². The fraction of sp³-hybridized carbons (Fsp3) is 0.235. The molecular weight excluding hydrogens is 468 g/mol. The van der Waals surface area contributed by atoms with Crippen molar-refractivity contribution in [3.05, 3.63) is 57.8 Å². The number of rotatable bonds is 3. The number of amides is 1. The molecule has 0 atom stereocenters. The Morgan fingerprint density at radius 1 is 1.11 bits per heavy atom. The first-order valence-corrected chi connectivity index (χ1v) is 10.2. The number of hydrogen-bond donors (Lipinski definition) is 1. The van der Waals surface area contributed by atoms with Crippen LogP contribution in [-0.2, 0) is 27.8 Å². The Morgan fingerprint density at radius 2 is 1.82 bits per heavy atom. The normalized spacial score (nSPS) is 14.5. The van der Waals surface area contributed by atoms with E-state index in [0.717, 1.165) is 12.1 Å². The van der Waals surface area contributed by atoms with Gasteiger partial charge >= 0.3 is 12.1 Å². The zero-order valence-electron chi connectivity index (χ0n) is 14.1. The molecule has 0 saturated carbocycles. The van der Waals surface area contributed by atoms with Crippen LogP contribution in [0.25, 0.3) is 0 Å². The molecule has 0 aromatic heterocycles. The smallest absolute Gasteiger partial charge is 0.330 e. The Kier molecular flexibility index (Phi) is 5.41. The Hall–Kier alpha value is -2.14. The fourth-order valence-corrected chi connectivity index (χ4v) is 4.54. The second-order valence-electron chi connectivity index (χ2n) is 6.13. The summed E-state index contributed by atoms with van der Waals surface area (Å²) in [5.74, 6) is -2.52.